The molecule has 0 saturated carbocycles. The molecule has 1 rings (SSSR count). The van der Waals surface area contributed by atoms with Crippen molar-refractivity contribution in [2.45, 2.75) is 52.1 Å². The molecule has 1 saturated heterocycles. The van der Waals surface area contributed by atoms with Gasteiger partial charge in [-0.3, -0.25) is 4.90 Å². The maximum atomic E-state index is 5.53. The molecule has 0 radical (unpaired) electrons. The standard InChI is InChI=1S/C13H28N2O/c1-5-13(4)11-15(9-7-8-14-13)12(3)10-16-6-2/h12,14H,5-11H2,1-4H3. The van der Waals surface area contributed by atoms with E-state index in [1.165, 1.54) is 19.4 Å². The van der Waals surface area contributed by atoms with Gasteiger partial charge in [-0.1, -0.05) is 6.92 Å². The van der Waals surface area contributed by atoms with Crippen LogP contribution in [0.5, 0.6) is 0 Å². The molecule has 16 heavy (non-hydrogen) atoms. The number of nitrogens with one attached hydrogen (secondary N) is 1. The zero-order chi connectivity index (χ0) is 12.0. The molecule has 0 aliphatic carbocycles. The van der Waals surface area contributed by atoms with Crippen LogP contribution in [-0.4, -0.2) is 49.3 Å². The lowest BCUT2D eigenvalue weighted by Gasteiger charge is -2.35. The van der Waals surface area contributed by atoms with Crippen molar-refractivity contribution in [1.82, 2.24) is 10.2 Å². The molecule has 3 heteroatoms. The van der Waals surface area contributed by atoms with Gasteiger partial charge in [0.25, 0.3) is 0 Å². The van der Waals surface area contributed by atoms with Gasteiger partial charge in [0.15, 0.2) is 0 Å². The van der Waals surface area contributed by atoms with Crippen LogP contribution in [0.3, 0.4) is 0 Å². The second-order valence-electron chi connectivity index (χ2n) is 5.17. The van der Waals surface area contributed by atoms with E-state index in [9.17, 15) is 0 Å². The van der Waals surface area contributed by atoms with E-state index in [1.54, 1.807) is 0 Å². The third-order valence-corrected chi connectivity index (χ3v) is 3.69. The Bertz CT molecular complexity index is 198. The number of hydrogen-bond donors (Lipinski definition) is 1. The SMILES string of the molecule is CCOCC(C)N1CCCNC(C)(CC)C1. The first kappa shape index (κ1) is 13.9. The average molecular weight is 228 g/mol. The lowest BCUT2D eigenvalue weighted by molar-refractivity contribution is 0.0648. The fourth-order valence-electron chi connectivity index (χ4n) is 2.26. The van der Waals surface area contributed by atoms with Crippen molar-refractivity contribution >= 4 is 0 Å². The van der Waals surface area contributed by atoms with Crippen LogP contribution >= 0.6 is 0 Å². The van der Waals surface area contributed by atoms with Crippen LogP contribution in [0.25, 0.3) is 0 Å². The van der Waals surface area contributed by atoms with Crippen LogP contribution < -0.4 is 5.32 Å². The van der Waals surface area contributed by atoms with Crippen molar-refractivity contribution in [1.29, 1.82) is 0 Å². The highest BCUT2D eigenvalue weighted by Crippen LogP contribution is 2.17. The van der Waals surface area contributed by atoms with Gasteiger partial charge in [0, 0.05) is 24.7 Å². The van der Waals surface area contributed by atoms with Crippen LogP contribution in [0, 0.1) is 0 Å². The summed E-state index contributed by atoms with van der Waals surface area (Å²) in [5.41, 5.74) is 0.275. The summed E-state index contributed by atoms with van der Waals surface area (Å²) < 4.78 is 5.53. The minimum Gasteiger partial charge on any atom is -0.380 e. The summed E-state index contributed by atoms with van der Waals surface area (Å²) in [6, 6.07) is 0.533. The van der Waals surface area contributed by atoms with E-state index in [-0.39, 0.29) is 5.54 Å². The Hall–Kier alpha value is -0.120. The van der Waals surface area contributed by atoms with E-state index in [0.717, 1.165) is 26.3 Å². The quantitative estimate of drug-likeness (QED) is 0.777. The van der Waals surface area contributed by atoms with Crippen LogP contribution in [0.1, 0.15) is 40.5 Å². The molecule has 1 aliphatic rings. The molecule has 1 fully saturated rings. The van der Waals surface area contributed by atoms with E-state index < -0.39 is 0 Å². The van der Waals surface area contributed by atoms with E-state index in [4.69, 9.17) is 4.74 Å². The highest BCUT2D eigenvalue weighted by Gasteiger charge is 2.29. The fourth-order valence-corrected chi connectivity index (χ4v) is 2.26. The van der Waals surface area contributed by atoms with E-state index >= 15 is 0 Å². The fraction of sp³-hybridized carbons (Fsp3) is 1.00. The molecule has 0 aromatic rings. The summed E-state index contributed by atoms with van der Waals surface area (Å²) in [4.78, 5) is 2.57. The van der Waals surface area contributed by atoms with E-state index in [1.807, 2.05) is 0 Å². The zero-order valence-corrected chi connectivity index (χ0v) is 11.4. The van der Waals surface area contributed by atoms with Gasteiger partial charge in [-0.25, -0.2) is 0 Å². The van der Waals surface area contributed by atoms with Gasteiger partial charge in [0.2, 0.25) is 0 Å². The van der Waals surface area contributed by atoms with Gasteiger partial charge in [-0.15, -0.1) is 0 Å². The number of rotatable bonds is 5. The molecule has 96 valence electrons. The predicted molar refractivity (Wildman–Crippen MR) is 68.8 cm³/mol. The van der Waals surface area contributed by atoms with Crippen molar-refractivity contribution in [2.75, 3.05) is 32.8 Å². The van der Waals surface area contributed by atoms with Gasteiger partial charge >= 0.3 is 0 Å². The molecular formula is C13H28N2O. The molecule has 0 spiro atoms. The van der Waals surface area contributed by atoms with Crippen LogP contribution in [0.4, 0.5) is 0 Å². The zero-order valence-electron chi connectivity index (χ0n) is 11.4. The number of ether oxygens (including phenoxy) is 1. The first-order chi connectivity index (χ1) is 7.61. The third-order valence-electron chi connectivity index (χ3n) is 3.69. The molecule has 0 aromatic carbocycles. The molecule has 0 bridgehead atoms. The third kappa shape index (κ3) is 4.04. The molecule has 1 N–H and O–H groups in total. The van der Waals surface area contributed by atoms with Crippen LogP contribution in [-0.2, 0) is 4.74 Å². The highest BCUT2D eigenvalue weighted by atomic mass is 16.5. The summed E-state index contributed by atoms with van der Waals surface area (Å²) in [5.74, 6) is 0. The van der Waals surface area contributed by atoms with Crippen molar-refractivity contribution in [3.8, 4) is 0 Å². The number of hydrogen-bond acceptors (Lipinski definition) is 3. The van der Waals surface area contributed by atoms with E-state index in [0.29, 0.717) is 6.04 Å². The normalized spacial score (nSPS) is 30.0. The Balaban J connectivity index is 2.50. The lowest BCUT2D eigenvalue weighted by atomic mass is 9.98. The predicted octanol–water partition coefficient (Wildman–Crippen LogP) is 1.88. The summed E-state index contributed by atoms with van der Waals surface area (Å²) in [5, 5.41) is 3.67. The minimum atomic E-state index is 0.275. The molecule has 3 nitrogen and oxygen atoms in total. The van der Waals surface area contributed by atoms with Crippen LogP contribution in [0.15, 0.2) is 0 Å². The Morgan fingerprint density at radius 1 is 1.44 bits per heavy atom. The number of nitrogens with zero attached hydrogens (tertiary/aromatic N) is 1. The Morgan fingerprint density at radius 3 is 2.81 bits per heavy atom. The second kappa shape index (κ2) is 6.58. The summed E-state index contributed by atoms with van der Waals surface area (Å²) in [6.45, 7) is 14.1. The maximum Gasteiger partial charge on any atom is 0.0619 e. The largest absolute Gasteiger partial charge is 0.380 e. The molecular weight excluding hydrogens is 200 g/mol. The Labute approximate surface area is 101 Å². The lowest BCUT2D eigenvalue weighted by Crippen LogP contribution is -2.51. The van der Waals surface area contributed by atoms with Crippen molar-refractivity contribution < 1.29 is 4.74 Å². The first-order valence-electron chi connectivity index (χ1n) is 6.68. The minimum absolute atomic E-state index is 0.275. The maximum absolute atomic E-state index is 5.53. The van der Waals surface area contributed by atoms with Gasteiger partial charge in [0.05, 0.1) is 6.61 Å². The van der Waals surface area contributed by atoms with Crippen molar-refractivity contribution in [3.05, 3.63) is 0 Å². The van der Waals surface area contributed by atoms with Gasteiger partial charge in [0.1, 0.15) is 0 Å². The smallest absolute Gasteiger partial charge is 0.0619 e. The Kier molecular flexibility index (Phi) is 5.73. The average Bonchev–Trinajstić information content (AvgIpc) is 2.49. The molecule has 1 aliphatic heterocycles. The highest BCUT2D eigenvalue weighted by molar-refractivity contribution is 4.89. The molecule has 2 unspecified atom stereocenters. The molecule has 0 amide bonds. The van der Waals surface area contributed by atoms with Crippen molar-refractivity contribution in [3.63, 3.8) is 0 Å². The molecule has 0 aromatic heterocycles. The van der Waals surface area contributed by atoms with Crippen molar-refractivity contribution in [2.24, 2.45) is 0 Å². The second-order valence-corrected chi connectivity index (χ2v) is 5.17. The molecule has 2 atom stereocenters. The van der Waals surface area contributed by atoms with E-state index in [2.05, 4.69) is 37.9 Å². The first-order valence-corrected chi connectivity index (χ1v) is 6.68. The summed E-state index contributed by atoms with van der Waals surface area (Å²) >= 11 is 0. The Morgan fingerprint density at radius 2 is 2.19 bits per heavy atom. The topological polar surface area (TPSA) is 24.5 Å². The summed E-state index contributed by atoms with van der Waals surface area (Å²) in [6.07, 6.45) is 2.43. The van der Waals surface area contributed by atoms with Gasteiger partial charge < -0.3 is 10.1 Å². The molecule has 1 heterocycles. The van der Waals surface area contributed by atoms with Gasteiger partial charge in [-0.2, -0.15) is 0 Å². The van der Waals surface area contributed by atoms with Gasteiger partial charge in [-0.05, 0) is 46.7 Å². The monoisotopic (exact) mass is 228 g/mol. The summed E-state index contributed by atoms with van der Waals surface area (Å²) in [7, 11) is 0. The van der Waals surface area contributed by atoms with Crippen LogP contribution in [0.2, 0.25) is 0 Å².